The maximum absolute atomic E-state index is 6.22. The van der Waals surface area contributed by atoms with Gasteiger partial charge in [-0.2, -0.15) is 0 Å². The van der Waals surface area contributed by atoms with Crippen LogP contribution < -0.4 is 0 Å². The Hall–Kier alpha value is -0.150. The molecule has 2 nitrogen and oxygen atoms in total. The van der Waals surface area contributed by atoms with Crippen molar-refractivity contribution in [3.8, 4) is 0 Å². The van der Waals surface area contributed by atoms with Crippen LogP contribution in [0.4, 0.5) is 0 Å². The minimum absolute atomic E-state index is 0.497. The molecule has 1 aromatic rings. The number of aromatic nitrogens is 2. The Balaban J connectivity index is 2.29. The summed E-state index contributed by atoms with van der Waals surface area (Å²) in [4.78, 5) is 9.21. The molecule has 0 aromatic carbocycles. The van der Waals surface area contributed by atoms with E-state index in [9.17, 15) is 0 Å². The van der Waals surface area contributed by atoms with Gasteiger partial charge in [-0.25, -0.2) is 9.97 Å². The lowest BCUT2D eigenvalue weighted by atomic mass is 10.0. The van der Waals surface area contributed by atoms with Crippen molar-refractivity contribution in [1.29, 1.82) is 0 Å². The van der Waals surface area contributed by atoms with Crippen LogP contribution in [0.15, 0.2) is 4.47 Å². The van der Waals surface area contributed by atoms with Gasteiger partial charge in [0.15, 0.2) is 0 Å². The van der Waals surface area contributed by atoms with E-state index in [0.29, 0.717) is 17.0 Å². The monoisotopic (exact) mass is 330 g/mol. The third-order valence-corrected chi connectivity index (χ3v) is 4.89. The SMILES string of the molecule is CC(C)Cc1nc(C2CCC(C)C2)nc(Cl)c1Br. The van der Waals surface area contributed by atoms with Crippen LogP contribution in [0.25, 0.3) is 0 Å². The molecule has 0 spiro atoms. The van der Waals surface area contributed by atoms with Crippen molar-refractivity contribution in [1.82, 2.24) is 9.97 Å². The van der Waals surface area contributed by atoms with Gasteiger partial charge in [0.25, 0.3) is 0 Å². The lowest BCUT2D eigenvalue weighted by Crippen LogP contribution is -2.08. The predicted molar refractivity (Wildman–Crippen MR) is 79.0 cm³/mol. The van der Waals surface area contributed by atoms with Gasteiger partial charge in [0.05, 0.1) is 10.2 Å². The van der Waals surface area contributed by atoms with Crippen LogP contribution in [0.5, 0.6) is 0 Å². The van der Waals surface area contributed by atoms with Crippen LogP contribution in [0, 0.1) is 11.8 Å². The van der Waals surface area contributed by atoms with E-state index in [4.69, 9.17) is 16.6 Å². The molecule has 1 aliphatic rings. The Bertz CT molecular complexity index is 434. The highest BCUT2D eigenvalue weighted by Gasteiger charge is 2.26. The van der Waals surface area contributed by atoms with Crippen LogP contribution in [0.3, 0.4) is 0 Å². The van der Waals surface area contributed by atoms with E-state index in [1.807, 2.05) is 0 Å². The summed E-state index contributed by atoms with van der Waals surface area (Å²) in [6.45, 7) is 6.69. The summed E-state index contributed by atoms with van der Waals surface area (Å²) < 4.78 is 0.868. The molecule has 0 saturated heterocycles. The smallest absolute Gasteiger partial charge is 0.147 e. The van der Waals surface area contributed by atoms with E-state index in [2.05, 4.69) is 41.7 Å². The highest BCUT2D eigenvalue weighted by Crippen LogP contribution is 2.38. The largest absolute Gasteiger partial charge is 0.236 e. The van der Waals surface area contributed by atoms with Crippen molar-refractivity contribution in [3.63, 3.8) is 0 Å². The van der Waals surface area contributed by atoms with E-state index >= 15 is 0 Å². The van der Waals surface area contributed by atoms with Crippen LogP contribution in [-0.4, -0.2) is 9.97 Å². The first-order valence-corrected chi connectivity index (χ1v) is 7.86. The van der Waals surface area contributed by atoms with Gasteiger partial charge in [-0.3, -0.25) is 0 Å². The molecule has 18 heavy (non-hydrogen) atoms. The minimum Gasteiger partial charge on any atom is -0.236 e. The molecule has 2 unspecified atom stereocenters. The molecule has 0 bridgehead atoms. The second-order valence-electron chi connectivity index (χ2n) is 5.85. The maximum Gasteiger partial charge on any atom is 0.147 e. The molecule has 1 saturated carbocycles. The summed E-state index contributed by atoms with van der Waals surface area (Å²) >= 11 is 9.73. The van der Waals surface area contributed by atoms with Crippen molar-refractivity contribution in [2.75, 3.05) is 0 Å². The van der Waals surface area contributed by atoms with E-state index in [-0.39, 0.29) is 0 Å². The molecular weight excluding hydrogens is 312 g/mol. The molecular formula is C14H20BrClN2. The summed E-state index contributed by atoms with van der Waals surface area (Å²) in [5.74, 6) is 2.80. The van der Waals surface area contributed by atoms with E-state index in [1.54, 1.807) is 0 Å². The lowest BCUT2D eigenvalue weighted by molar-refractivity contribution is 0.577. The third kappa shape index (κ3) is 3.24. The summed E-state index contributed by atoms with van der Waals surface area (Å²) in [5, 5.41) is 0.565. The predicted octanol–water partition coefficient (Wildman–Crippen LogP) is 4.99. The molecule has 2 rings (SSSR count). The van der Waals surface area contributed by atoms with Crippen molar-refractivity contribution in [2.45, 2.75) is 52.4 Å². The second kappa shape index (κ2) is 5.87. The topological polar surface area (TPSA) is 25.8 Å². The van der Waals surface area contributed by atoms with E-state index in [1.165, 1.54) is 19.3 Å². The fraction of sp³-hybridized carbons (Fsp3) is 0.714. The van der Waals surface area contributed by atoms with Crippen molar-refractivity contribution >= 4 is 27.5 Å². The van der Waals surface area contributed by atoms with Crippen molar-refractivity contribution < 1.29 is 0 Å². The molecule has 100 valence electrons. The number of hydrogen-bond donors (Lipinski definition) is 0. The Morgan fingerprint density at radius 3 is 2.61 bits per heavy atom. The van der Waals surface area contributed by atoms with Gasteiger partial charge in [-0.05, 0) is 53.4 Å². The molecule has 1 aromatic heterocycles. The summed E-state index contributed by atoms with van der Waals surface area (Å²) in [7, 11) is 0. The van der Waals surface area contributed by atoms with Crippen LogP contribution >= 0.6 is 27.5 Å². The van der Waals surface area contributed by atoms with E-state index in [0.717, 1.165) is 28.3 Å². The number of nitrogens with zero attached hydrogens (tertiary/aromatic N) is 2. The molecule has 0 amide bonds. The summed E-state index contributed by atoms with van der Waals surface area (Å²) in [6.07, 6.45) is 4.61. The zero-order valence-corrected chi connectivity index (χ0v) is 13.6. The Labute approximate surface area is 123 Å². The zero-order chi connectivity index (χ0) is 13.3. The van der Waals surface area contributed by atoms with Gasteiger partial charge in [-0.15, -0.1) is 0 Å². The Morgan fingerprint density at radius 2 is 2.06 bits per heavy atom. The first-order valence-electron chi connectivity index (χ1n) is 6.69. The molecule has 1 aliphatic carbocycles. The first-order chi connectivity index (χ1) is 8.47. The maximum atomic E-state index is 6.22. The van der Waals surface area contributed by atoms with Crippen molar-refractivity contribution in [3.05, 3.63) is 21.1 Å². The van der Waals surface area contributed by atoms with Gasteiger partial charge in [0, 0.05) is 5.92 Å². The van der Waals surface area contributed by atoms with Gasteiger partial charge >= 0.3 is 0 Å². The Morgan fingerprint density at radius 1 is 1.33 bits per heavy atom. The molecule has 1 fully saturated rings. The average molecular weight is 332 g/mol. The molecule has 0 N–H and O–H groups in total. The fourth-order valence-electron chi connectivity index (χ4n) is 2.63. The lowest BCUT2D eigenvalue weighted by Gasteiger charge is -2.13. The molecule has 0 radical (unpaired) electrons. The highest BCUT2D eigenvalue weighted by molar-refractivity contribution is 9.10. The van der Waals surface area contributed by atoms with Gasteiger partial charge in [0.2, 0.25) is 0 Å². The molecule has 1 heterocycles. The second-order valence-corrected chi connectivity index (χ2v) is 7.00. The third-order valence-electron chi connectivity index (χ3n) is 3.56. The van der Waals surface area contributed by atoms with E-state index < -0.39 is 0 Å². The standard InChI is InChI=1S/C14H20BrClN2/c1-8(2)6-11-12(15)13(16)18-14(17-11)10-5-4-9(3)7-10/h8-10H,4-7H2,1-3H3. The van der Waals surface area contributed by atoms with Gasteiger partial charge in [0.1, 0.15) is 11.0 Å². The molecule has 2 atom stereocenters. The van der Waals surface area contributed by atoms with Crippen molar-refractivity contribution in [2.24, 2.45) is 11.8 Å². The minimum atomic E-state index is 0.497. The van der Waals surface area contributed by atoms with Gasteiger partial charge in [-0.1, -0.05) is 32.4 Å². The number of halogens is 2. The molecule has 4 heteroatoms. The van der Waals surface area contributed by atoms with Crippen LogP contribution in [0.2, 0.25) is 5.15 Å². The zero-order valence-electron chi connectivity index (χ0n) is 11.2. The quantitative estimate of drug-likeness (QED) is 0.729. The fourth-order valence-corrected chi connectivity index (χ4v) is 3.16. The summed E-state index contributed by atoms with van der Waals surface area (Å²) in [6, 6.07) is 0. The summed E-state index contributed by atoms with van der Waals surface area (Å²) in [5.41, 5.74) is 1.06. The number of rotatable bonds is 3. The Kier molecular flexibility index (Phi) is 4.65. The first kappa shape index (κ1) is 14.3. The highest BCUT2D eigenvalue weighted by atomic mass is 79.9. The normalized spacial score (nSPS) is 23.9. The number of hydrogen-bond acceptors (Lipinski definition) is 2. The molecule has 0 aliphatic heterocycles. The van der Waals surface area contributed by atoms with Crippen LogP contribution in [-0.2, 0) is 6.42 Å². The average Bonchev–Trinajstić information content (AvgIpc) is 2.70. The van der Waals surface area contributed by atoms with Gasteiger partial charge < -0.3 is 0 Å². The van der Waals surface area contributed by atoms with Crippen LogP contribution in [0.1, 0.15) is 57.5 Å².